The van der Waals surface area contributed by atoms with Crippen LogP contribution in [0, 0.1) is 12.3 Å². The van der Waals surface area contributed by atoms with Crippen LogP contribution in [-0.2, 0) is 19.1 Å². The summed E-state index contributed by atoms with van der Waals surface area (Å²) in [5, 5.41) is 0. The van der Waals surface area contributed by atoms with Gasteiger partial charge in [-0.3, -0.25) is 0 Å². The lowest BCUT2D eigenvalue weighted by Crippen LogP contribution is -2.11. The molecule has 0 aromatic heterocycles. The molecule has 0 saturated heterocycles. The first-order chi connectivity index (χ1) is 8.10. The Morgan fingerprint density at radius 3 is 2.53 bits per heavy atom. The normalized spacial score (nSPS) is 11.8. The minimum atomic E-state index is -0.652. The number of carbonyl (C=O) groups excluding carboxylic acids is 2. The van der Waals surface area contributed by atoms with Crippen LogP contribution in [0.15, 0.2) is 12.2 Å². The van der Waals surface area contributed by atoms with Crippen LogP contribution in [0.25, 0.3) is 0 Å². The Labute approximate surface area is 102 Å². The van der Waals surface area contributed by atoms with Crippen molar-refractivity contribution in [2.24, 2.45) is 0 Å². The van der Waals surface area contributed by atoms with Crippen molar-refractivity contribution in [3.8, 4) is 12.3 Å². The molecule has 0 aliphatic rings. The molecule has 17 heavy (non-hydrogen) atoms. The molecule has 0 radical (unpaired) electrons. The summed E-state index contributed by atoms with van der Waals surface area (Å²) in [4.78, 5) is 22.2. The van der Waals surface area contributed by atoms with E-state index in [2.05, 4.69) is 12.8 Å². The number of hydrogen-bond donors (Lipinski definition) is 0. The summed E-state index contributed by atoms with van der Waals surface area (Å²) in [6, 6.07) is 0. The van der Waals surface area contributed by atoms with E-state index < -0.39 is 18.0 Å². The van der Waals surface area contributed by atoms with Crippen LogP contribution >= 0.6 is 0 Å². The largest absolute Gasteiger partial charge is 0.463 e. The first-order valence-electron chi connectivity index (χ1n) is 5.61. The van der Waals surface area contributed by atoms with E-state index in [9.17, 15) is 9.59 Å². The summed E-state index contributed by atoms with van der Waals surface area (Å²) in [6.45, 7) is 3.99. The number of rotatable bonds is 7. The molecule has 0 aliphatic heterocycles. The van der Waals surface area contributed by atoms with Crippen molar-refractivity contribution in [1.29, 1.82) is 0 Å². The summed E-state index contributed by atoms with van der Waals surface area (Å²) in [6.07, 6.45) is 9.37. The molecule has 0 amide bonds. The van der Waals surface area contributed by atoms with E-state index in [1.807, 2.05) is 0 Å². The van der Waals surface area contributed by atoms with Gasteiger partial charge < -0.3 is 9.47 Å². The van der Waals surface area contributed by atoms with Crippen LogP contribution in [0.2, 0.25) is 0 Å². The topological polar surface area (TPSA) is 52.6 Å². The molecule has 94 valence electrons. The van der Waals surface area contributed by atoms with E-state index in [-0.39, 0.29) is 0 Å². The van der Waals surface area contributed by atoms with Gasteiger partial charge in [0.2, 0.25) is 0 Å². The summed E-state index contributed by atoms with van der Waals surface area (Å²) >= 11 is 0. The lowest BCUT2D eigenvalue weighted by Gasteiger charge is -2.03. The summed E-state index contributed by atoms with van der Waals surface area (Å²) in [7, 11) is 0. The molecular formula is C13H18O4. The van der Waals surface area contributed by atoms with Crippen LogP contribution in [0.4, 0.5) is 0 Å². The predicted octanol–water partition coefficient (Wildman–Crippen LogP) is 1.84. The van der Waals surface area contributed by atoms with Crippen molar-refractivity contribution in [2.75, 3.05) is 6.61 Å². The highest BCUT2D eigenvalue weighted by atomic mass is 16.5. The molecule has 0 fully saturated rings. The molecular weight excluding hydrogens is 220 g/mol. The summed E-state index contributed by atoms with van der Waals surface area (Å²) in [5.41, 5.74) is 0. The minimum absolute atomic E-state index is 0.368. The van der Waals surface area contributed by atoms with Gasteiger partial charge in [-0.2, -0.15) is 0 Å². The molecule has 4 nitrogen and oxygen atoms in total. The van der Waals surface area contributed by atoms with Gasteiger partial charge >= 0.3 is 11.9 Å². The zero-order valence-corrected chi connectivity index (χ0v) is 10.3. The van der Waals surface area contributed by atoms with E-state index in [4.69, 9.17) is 15.9 Å². The van der Waals surface area contributed by atoms with Gasteiger partial charge in [0.25, 0.3) is 0 Å². The van der Waals surface area contributed by atoms with Gasteiger partial charge in [-0.15, -0.1) is 6.42 Å². The fourth-order valence-corrected chi connectivity index (χ4v) is 0.957. The van der Waals surface area contributed by atoms with E-state index in [0.717, 1.165) is 31.4 Å². The number of esters is 2. The van der Waals surface area contributed by atoms with Crippen molar-refractivity contribution in [1.82, 2.24) is 0 Å². The Morgan fingerprint density at radius 1 is 1.29 bits per heavy atom. The second kappa shape index (κ2) is 9.46. The van der Waals surface area contributed by atoms with Gasteiger partial charge in [0, 0.05) is 12.2 Å². The molecule has 0 saturated carbocycles. The van der Waals surface area contributed by atoms with Crippen LogP contribution in [0.5, 0.6) is 0 Å². The lowest BCUT2D eigenvalue weighted by molar-refractivity contribution is -0.141. The highest BCUT2D eigenvalue weighted by Gasteiger charge is 2.04. The highest BCUT2D eigenvalue weighted by molar-refractivity contribution is 5.91. The number of unbranched alkanes of at least 4 members (excludes halogenated alkanes) is 2. The van der Waals surface area contributed by atoms with Gasteiger partial charge in [0.1, 0.15) is 0 Å². The van der Waals surface area contributed by atoms with Gasteiger partial charge in [0.15, 0.2) is 6.10 Å². The van der Waals surface area contributed by atoms with Crippen LogP contribution < -0.4 is 0 Å². The van der Waals surface area contributed by atoms with Crippen LogP contribution in [0.1, 0.15) is 33.1 Å². The number of carbonyl (C=O) groups is 2. The van der Waals surface area contributed by atoms with Crippen molar-refractivity contribution in [2.45, 2.75) is 39.2 Å². The van der Waals surface area contributed by atoms with E-state index in [1.165, 1.54) is 0 Å². The SMILES string of the molecule is C#CC(C)OC(=O)/C=C/C(=O)OCCCCC. The Kier molecular flexibility index (Phi) is 8.48. The fraction of sp³-hybridized carbons (Fsp3) is 0.538. The summed E-state index contributed by atoms with van der Waals surface area (Å²) in [5.74, 6) is 1.04. The quantitative estimate of drug-likeness (QED) is 0.294. The smallest absolute Gasteiger partial charge is 0.332 e. The molecule has 0 heterocycles. The molecule has 0 bridgehead atoms. The van der Waals surface area contributed by atoms with Gasteiger partial charge in [-0.05, 0) is 13.3 Å². The molecule has 0 spiro atoms. The Bertz CT molecular complexity index is 312. The van der Waals surface area contributed by atoms with E-state index in [0.29, 0.717) is 6.61 Å². The zero-order chi connectivity index (χ0) is 13.1. The molecule has 1 atom stereocenters. The van der Waals surface area contributed by atoms with Crippen LogP contribution in [0.3, 0.4) is 0 Å². The second-order valence-electron chi connectivity index (χ2n) is 3.45. The minimum Gasteiger partial charge on any atom is -0.463 e. The molecule has 0 aromatic carbocycles. The first kappa shape index (κ1) is 15.2. The summed E-state index contributed by atoms with van der Waals surface area (Å²) < 4.78 is 9.58. The highest BCUT2D eigenvalue weighted by Crippen LogP contribution is 1.95. The van der Waals surface area contributed by atoms with Gasteiger partial charge in [-0.1, -0.05) is 25.7 Å². The van der Waals surface area contributed by atoms with Gasteiger partial charge in [0.05, 0.1) is 6.61 Å². The Hall–Kier alpha value is -1.76. The third-order valence-corrected chi connectivity index (χ3v) is 1.88. The maximum Gasteiger partial charge on any atom is 0.332 e. The second-order valence-corrected chi connectivity index (χ2v) is 3.45. The zero-order valence-electron chi connectivity index (χ0n) is 10.3. The molecule has 0 aliphatic carbocycles. The number of terminal acetylenes is 1. The third-order valence-electron chi connectivity index (χ3n) is 1.88. The maximum atomic E-state index is 11.1. The molecule has 0 aromatic rings. The first-order valence-corrected chi connectivity index (χ1v) is 5.61. The average molecular weight is 238 g/mol. The average Bonchev–Trinajstić information content (AvgIpc) is 2.32. The molecule has 0 rings (SSSR count). The molecule has 0 N–H and O–H groups in total. The molecule has 1 unspecified atom stereocenters. The monoisotopic (exact) mass is 238 g/mol. The molecule has 4 heteroatoms. The number of ether oxygens (including phenoxy) is 2. The van der Waals surface area contributed by atoms with Crippen LogP contribution in [-0.4, -0.2) is 24.6 Å². The third kappa shape index (κ3) is 9.19. The Balaban J connectivity index is 3.79. The maximum absolute atomic E-state index is 11.1. The van der Waals surface area contributed by atoms with Crippen molar-refractivity contribution >= 4 is 11.9 Å². The van der Waals surface area contributed by atoms with E-state index in [1.54, 1.807) is 6.92 Å². The van der Waals surface area contributed by atoms with E-state index >= 15 is 0 Å². The van der Waals surface area contributed by atoms with Crippen molar-refractivity contribution in [3.63, 3.8) is 0 Å². The van der Waals surface area contributed by atoms with Crippen molar-refractivity contribution in [3.05, 3.63) is 12.2 Å². The Morgan fingerprint density at radius 2 is 1.94 bits per heavy atom. The number of hydrogen-bond acceptors (Lipinski definition) is 4. The van der Waals surface area contributed by atoms with Crippen molar-refractivity contribution < 1.29 is 19.1 Å². The predicted molar refractivity (Wildman–Crippen MR) is 64.0 cm³/mol. The van der Waals surface area contributed by atoms with Gasteiger partial charge in [-0.25, -0.2) is 9.59 Å². The standard InChI is InChI=1S/C13H18O4/c1-4-6-7-10-16-12(14)8-9-13(15)17-11(3)5-2/h2,8-9,11H,4,6-7,10H2,1,3H3/b9-8+. The fourth-order valence-electron chi connectivity index (χ4n) is 0.957. The lowest BCUT2D eigenvalue weighted by atomic mass is 10.3.